The van der Waals surface area contributed by atoms with Crippen molar-refractivity contribution in [3.05, 3.63) is 46.9 Å². The van der Waals surface area contributed by atoms with Gasteiger partial charge in [0.15, 0.2) is 5.65 Å². The van der Waals surface area contributed by atoms with Gasteiger partial charge in [-0.15, -0.1) is 0 Å². The molecule has 7 nitrogen and oxygen atoms in total. The summed E-state index contributed by atoms with van der Waals surface area (Å²) in [6, 6.07) is 0. The SMILES string of the molecule is NC(=O)C1C2C=CC(C2)C1CCCc1c(Cl)cnc2nc(C3C=CCC(=NCCO)C3)[nH]c12. The fourth-order valence-electron chi connectivity index (χ4n) is 5.97. The van der Waals surface area contributed by atoms with Crippen LogP contribution in [0.25, 0.3) is 11.2 Å². The van der Waals surface area contributed by atoms with Crippen molar-refractivity contribution < 1.29 is 9.90 Å². The second kappa shape index (κ2) is 9.39. The first kappa shape index (κ1) is 22.3. The lowest BCUT2D eigenvalue weighted by molar-refractivity contribution is -0.124. The average Bonchev–Trinajstić information content (AvgIpc) is 3.54. The molecule has 8 heteroatoms. The van der Waals surface area contributed by atoms with Crippen LogP contribution in [0.1, 0.15) is 49.4 Å². The molecule has 5 rings (SSSR count). The molecule has 174 valence electrons. The summed E-state index contributed by atoms with van der Waals surface area (Å²) in [6.45, 7) is 0.499. The Bertz CT molecular complexity index is 1140. The molecule has 1 saturated carbocycles. The number of nitrogens with zero attached hydrogens (tertiary/aromatic N) is 3. The van der Waals surface area contributed by atoms with Gasteiger partial charge in [0.1, 0.15) is 5.82 Å². The smallest absolute Gasteiger partial charge is 0.221 e. The normalized spacial score (nSPS) is 29.5. The minimum atomic E-state index is -0.165. The van der Waals surface area contributed by atoms with Gasteiger partial charge in [0.05, 0.1) is 23.7 Å². The Morgan fingerprint density at radius 1 is 1.30 bits per heavy atom. The van der Waals surface area contributed by atoms with Gasteiger partial charge in [-0.2, -0.15) is 0 Å². The maximum Gasteiger partial charge on any atom is 0.221 e. The van der Waals surface area contributed by atoms with Crippen LogP contribution in [0.2, 0.25) is 5.02 Å². The fourth-order valence-corrected chi connectivity index (χ4v) is 6.21. The number of aromatic amines is 1. The minimum Gasteiger partial charge on any atom is -0.394 e. The van der Waals surface area contributed by atoms with Crippen molar-refractivity contribution in [3.8, 4) is 0 Å². The molecule has 0 aromatic carbocycles. The summed E-state index contributed by atoms with van der Waals surface area (Å²) in [7, 11) is 0. The number of aromatic nitrogens is 3. The van der Waals surface area contributed by atoms with Crippen LogP contribution in [-0.4, -0.2) is 44.8 Å². The molecule has 2 aromatic heterocycles. The highest BCUT2D eigenvalue weighted by Gasteiger charge is 2.46. The first-order valence-corrected chi connectivity index (χ1v) is 12.2. The summed E-state index contributed by atoms with van der Waals surface area (Å²) < 4.78 is 0. The molecule has 33 heavy (non-hydrogen) atoms. The van der Waals surface area contributed by atoms with E-state index in [1.165, 1.54) is 0 Å². The second-order valence-electron chi connectivity index (χ2n) is 9.45. The van der Waals surface area contributed by atoms with E-state index in [1.54, 1.807) is 6.20 Å². The van der Waals surface area contributed by atoms with E-state index in [9.17, 15) is 4.79 Å². The largest absolute Gasteiger partial charge is 0.394 e. The number of hydrogen-bond acceptors (Lipinski definition) is 5. The molecule has 2 heterocycles. The molecule has 4 N–H and O–H groups in total. The molecule has 1 amide bonds. The number of carbonyl (C=O) groups excluding carboxylic acids is 1. The number of aryl methyl sites for hydroxylation is 1. The van der Waals surface area contributed by atoms with Crippen LogP contribution in [0.15, 0.2) is 35.5 Å². The Morgan fingerprint density at radius 2 is 2.15 bits per heavy atom. The van der Waals surface area contributed by atoms with Crippen molar-refractivity contribution in [1.82, 2.24) is 15.0 Å². The van der Waals surface area contributed by atoms with E-state index in [4.69, 9.17) is 27.4 Å². The number of pyridine rings is 1. The predicted molar refractivity (Wildman–Crippen MR) is 129 cm³/mol. The number of hydrogen-bond donors (Lipinski definition) is 3. The van der Waals surface area contributed by atoms with Crippen LogP contribution >= 0.6 is 11.6 Å². The lowest BCUT2D eigenvalue weighted by Gasteiger charge is -2.25. The molecule has 0 aliphatic heterocycles. The molecule has 2 aromatic rings. The lowest BCUT2D eigenvalue weighted by Crippen LogP contribution is -2.33. The number of allylic oxidation sites excluding steroid dienone is 4. The van der Waals surface area contributed by atoms with E-state index in [0.29, 0.717) is 35.0 Å². The van der Waals surface area contributed by atoms with Crippen LogP contribution in [0.5, 0.6) is 0 Å². The number of amides is 1. The number of primary amides is 1. The topological polar surface area (TPSA) is 117 Å². The van der Waals surface area contributed by atoms with Gasteiger partial charge in [-0.25, -0.2) is 9.97 Å². The zero-order chi connectivity index (χ0) is 22.9. The molecule has 0 spiro atoms. The molecule has 5 unspecified atom stereocenters. The summed E-state index contributed by atoms with van der Waals surface area (Å²) in [4.78, 5) is 29.2. The molecular weight excluding hydrogens is 438 g/mol. The fraction of sp³-hybridized carbons (Fsp3) is 0.520. The van der Waals surface area contributed by atoms with Crippen LogP contribution in [0.4, 0.5) is 0 Å². The Balaban J connectivity index is 1.32. The zero-order valence-corrected chi connectivity index (χ0v) is 19.3. The van der Waals surface area contributed by atoms with Gasteiger partial charge < -0.3 is 15.8 Å². The number of nitrogens with one attached hydrogen (secondary N) is 1. The Kier molecular flexibility index (Phi) is 6.34. The molecule has 3 aliphatic carbocycles. The van der Waals surface area contributed by atoms with Crippen molar-refractivity contribution in [1.29, 1.82) is 0 Å². The number of fused-ring (bicyclic) bond motifs is 3. The predicted octanol–water partition coefficient (Wildman–Crippen LogP) is 3.72. The van der Waals surface area contributed by atoms with Crippen LogP contribution in [0.3, 0.4) is 0 Å². The Morgan fingerprint density at radius 3 is 2.97 bits per heavy atom. The highest BCUT2D eigenvalue weighted by molar-refractivity contribution is 6.32. The first-order chi connectivity index (χ1) is 16.0. The lowest BCUT2D eigenvalue weighted by atomic mass is 9.79. The highest BCUT2D eigenvalue weighted by Crippen LogP contribution is 2.49. The summed E-state index contributed by atoms with van der Waals surface area (Å²) in [6.07, 6.45) is 15.7. The number of carbonyl (C=O) groups is 1. The summed E-state index contributed by atoms with van der Waals surface area (Å²) in [5, 5.41) is 9.69. The van der Waals surface area contributed by atoms with Crippen molar-refractivity contribution in [3.63, 3.8) is 0 Å². The Hall–Kier alpha value is -2.51. The van der Waals surface area contributed by atoms with Crippen molar-refractivity contribution in [2.75, 3.05) is 13.2 Å². The van der Waals surface area contributed by atoms with Gasteiger partial charge in [-0.1, -0.05) is 35.9 Å². The highest BCUT2D eigenvalue weighted by atomic mass is 35.5. The maximum absolute atomic E-state index is 12.0. The Labute approximate surface area is 198 Å². The van der Waals surface area contributed by atoms with Crippen molar-refractivity contribution in [2.24, 2.45) is 34.4 Å². The standard InChI is InChI=1S/C25H30ClN5O2/c26-20-13-29-25-22(30-24(31-25)16-3-1-4-17(12-16)28-9-10-32)19(20)6-2-5-18-14-7-8-15(11-14)21(18)23(27)33/h1,3,7-8,13-16,18,21,32H,2,4-6,9-12H2,(H2,27,33)(H,29,30,31). The van der Waals surface area contributed by atoms with E-state index in [0.717, 1.165) is 61.1 Å². The number of imidazole rings is 1. The number of H-pyrrole nitrogens is 1. The molecule has 0 radical (unpaired) electrons. The van der Waals surface area contributed by atoms with E-state index >= 15 is 0 Å². The number of rotatable bonds is 8. The quantitative estimate of drug-likeness (QED) is 0.512. The number of halogens is 1. The molecule has 2 bridgehead atoms. The van der Waals surface area contributed by atoms with Crippen LogP contribution in [0, 0.1) is 23.7 Å². The van der Waals surface area contributed by atoms with Gasteiger partial charge in [0, 0.05) is 30.2 Å². The summed E-state index contributed by atoms with van der Waals surface area (Å²) in [5.41, 5.74) is 9.40. The zero-order valence-electron chi connectivity index (χ0n) is 18.6. The third kappa shape index (κ3) is 4.36. The monoisotopic (exact) mass is 467 g/mol. The molecule has 5 atom stereocenters. The van der Waals surface area contributed by atoms with Gasteiger partial charge in [0.25, 0.3) is 0 Å². The summed E-state index contributed by atoms with van der Waals surface area (Å²) in [5.74, 6) is 1.88. The van der Waals surface area contributed by atoms with Gasteiger partial charge >= 0.3 is 0 Å². The number of nitrogens with two attached hydrogens (primary N) is 1. The molecular formula is C25H30ClN5O2. The van der Waals surface area contributed by atoms with Gasteiger partial charge in [-0.3, -0.25) is 9.79 Å². The third-order valence-electron chi connectivity index (χ3n) is 7.47. The maximum atomic E-state index is 12.0. The number of aliphatic imine (C=N–C) groups is 1. The molecule has 0 saturated heterocycles. The first-order valence-electron chi connectivity index (χ1n) is 11.9. The van der Waals surface area contributed by atoms with Crippen molar-refractivity contribution >= 4 is 34.4 Å². The van der Waals surface area contributed by atoms with Crippen LogP contribution in [-0.2, 0) is 11.2 Å². The molecule has 3 aliphatic rings. The number of aliphatic hydroxyl groups is 1. The second-order valence-corrected chi connectivity index (χ2v) is 9.86. The van der Waals surface area contributed by atoms with Gasteiger partial charge in [-0.05, 0) is 55.4 Å². The van der Waals surface area contributed by atoms with Crippen molar-refractivity contribution in [2.45, 2.75) is 44.4 Å². The van der Waals surface area contributed by atoms with E-state index in [2.05, 4.69) is 39.3 Å². The van der Waals surface area contributed by atoms with E-state index in [1.807, 2.05) is 0 Å². The third-order valence-corrected chi connectivity index (χ3v) is 7.80. The van der Waals surface area contributed by atoms with Crippen LogP contribution < -0.4 is 5.73 Å². The summed E-state index contributed by atoms with van der Waals surface area (Å²) >= 11 is 6.56. The number of aliphatic hydroxyl groups excluding tert-OH is 1. The average molecular weight is 468 g/mol. The van der Waals surface area contributed by atoms with E-state index < -0.39 is 0 Å². The molecule has 1 fully saturated rings. The van der Waals surface area contributed by atoms with E-state index in [-0.39, 0.29) is 24.3 Å². The van der Waals surface area contributed by atoms with Gasteiger partial charge in [0.2, 0.25) is 5.91 Å². The minimum absolute atomic E-state index is 0.0357.